The molecule has 4 nitrogen and oxygen atoms in total. The summed E-state index contributed by atoms with van der Waals surface area (Å²) in [6.07, 6.45) is 0.926. The van der Waals surface area contributed by atoms with Crippen molar-refractivity contribution in [2.24, 2.45) is 0 Å². The van der Waals surface area contributed by atoms with Crippen LogP contribution >= 0.6 is 23.2 Å². The van der Waals surface area contributed by atoms with Crippen LogP contribution in [-0.2, 0) is 16.1 Å². The third-order valence-electron chi connectivity index (χ3n) is 2.38. The van der Waals surface area contributed by atoms with Gasteiger partial charge in [-0.15, -0.1) is 0 Å². The van der Waals surface area contributed by atoms with Crippen LogP contribution in [-0.4, -0.2) is 36.1 Å². The summed E-state index contributed by atoms with van der Waals surface area (Å²) in [6, 6.07) is 3.34. The number of methoxy groups -OCH3 is 1. The highest BCUT2D eigenvalue weighted by Gasteiger charge is 2.13. The number of rotatable bonds is 6. The zero-order valence-electron chi connectivity index (χ0n) is 10.4. The van der Waals surface area contributed by atoms with Gasteiger partial charge in [-0.25, -0.2) is 4.98 Å². The zero-order valence-corrected chi connectivity index (χ0v) is 12.0. The van der Waals surface area contributed by atoms with Crippen molar-refractivity contribution < 1.29 is 9.53 Å². The number of nitrogens with zero attached hydrogens (tertiary/aromatic N) is 2. The van der Waals surface area contributed by atoms with Gasteiger partial charge < -0.3 is 4.74 Å². The minimum Gasteiger partial charge on any atom is -0.468 e. The Morgan fingerprint density at radius 2 is 2.17 bits per heavy atom. The fourth-order valence-electron chi connectivity index (χ4n) is 1.56. The van der Waals surface area contributed by atoms with E-state index < -0.39 is 0 Å². The van der Waals surface area contributed by atoms with Crippen molar-refractivity contribution in [1.82, 2.24) is 9.88 Å². The molecule has 1 aromatic rings. The molecule has 0 spiro atoms. The number of hydrogen-bond donors (Lipinski definition) is 0. The molecular formula is C12H16Cl2N2O2. The highest BCUT2D eigenvalue weighted by atomic mass is 35.5. The maximum atomic E-state index is 11.3. The van der Waals surface area contributed by atoms with E-state index in [1.165, 1.54) is 7.11 Å². The molecule has 0 aliphatic carbocycles. The van der Waals surface area contributed by atoms with Crippen LogP contribution in [0.3, 0.4) is 0 Å². The average molecular weight is 291 g/mol. The minimum atomic E-state index is -0.276. The Bertz CT molecular complexity index is 413. The Balaban J connectivity index is 2.75. The molecular weight excluding hydrogens is 275 g/mol. The van der Waals surface area contributed by atoms with E-state index >= 15 is 0 Å². The van der Waals surface area contributed by atoms with Crippen molar-refractivity contribution in [3.05, 3.63) is 28.0 Å². The van der Waals surface area contributed by atoms with Crippen LogP contribution in [0.4, 0.5) is 0 Å². The van der Waals surface area contributed by atoms with Gasteiger partial charge in [-0.3, -0.25) is 9.69 Å². The molecule has 1 aromatic heterocycles. The largest absolute Gasteiger partial charge is 0.468 e. The normalized spacial score (nSPS) is 10.7. The first kappa shape index (κ1) is 15.2. The second kappa shape index (κ2) is 7.56. The smallest absolute Gasteiger partial charge is 0.319 e. The molecule has 0 atom stereocenters. The first-order chi connectivity index (χ1) is 8.56. The van der Waals surface area contributed by atoms with E-state index in [0.717, 1.165) is 13.0 Å². The van der Waals surface area contributed by atoms with Crippen LogP contribution in [0.1, 0.15) is 19.0 Å². The molecule has 0 N–H and O–H groups in total. The van der Waals surface area contributed by atoms with Gasteiger partial charge in [0.15, 0.2) is 0 Å². The highest BCUT2D eigenvalue weighted by Crippen LogP contribution is 2.18. The molecule has 0 amide bonds. The Kier molecular flexibility index (Phi) is 6.39. The number of carbonyl (C=O) groups is 1. The highest BCUT2D eigenvalue weighted by molar-refractivity contribution is 6.32. The summed E-state index contributed by atoms with van der Waals surface area (Å²) in [5.74, 6) is -0.276. The van der Waals surface area contributed by atoms with Gasteiger partial charge in [-0.2, -0.15) is 0 Å². The Hall–Kier alpha value is -0.840. The molecule has 0 bridgehead atoms. The average Bonchev–Trinajstić information content (AvgIpc) is 2.34. The lowest BCUT2D eigenvalue weighted by Crippen LogP contribution is -2.31. The van der Waals surface area contributed by atoms with E-state index in [9.17, 15) is 4.79 Å². The van der Waals surface area contributed by atoms with Crippen LogP contribution in [0.5, 0.6) is 0 Å². The van der Waals surface area contributed by atoms with Gasteiger partial charge in [0, 0.05) is 6.54 Å². The van der Waals surface area contributed by atoms with Crippen LogP contribution < -0.4 is 0 Å². The predicted octanol–water partition coefficient (Wildman–Crippen LogP) is 2.77. The quantitative estimate of drug-likeness (QED) is 0.597. The first-order valence-corrected chi connectivity index (χ1v) is 6.42. The lowest BCUT2D eigenvalue weighted by molar-refractivity contribution is -0.142. The maximum absolute atomic E-state index is 11.3. The molecule has 0 fully saturated rings. The number of esters is 1. The van der Waals surface area contributed by atoms with Crippen molar-refractivity contribution in [3.8, 4) is 0 Å². The van der Waals surface area contributed by atoms with E-state index in [4.69, 9.17) is 23.2 Å². The molecule has 0 aliphatic rings. The van der Waals surface area contributed by atoms with Crippen LogP contribution in [0, 0.1) is 0 Å². The summed E-state index contributed by atoms with van der Waals surface area (Å²) in [4.78, 5) is 17.4. The first-order valence-electron chi connectivity index (χ1n) is 5.67. The van der Waals surface area contributed by atoms with Gasteiger partial charge >= 0.3 is 5.97 Å². The van der Waals surface area contributed by atoms with Crippen molar-refractivity contribution >= 4 is 29.2 Å². The molecule has 0 aromatic carbocycles. The van der Waals surface area contributed by atoms with Crippen molar-refractivity contribution in [2.45, 2.75) is 19.9 Å². The fraction of sp³-hybridized carbons (Fsp3) is 0.500. The lowest BCUT2D eigenvalue weighted by atomic mass is 10.3. The second-order valence-corrected chi connectivity index (χ2v) is 4.64. The summed E-state index contributed by atoms with van der Waals surface area (Å²) in [5, 5.41) is 0.939. The van der Waals surface area contributed by atoms with Crippen LogP contribution in [0.15, 0.2) is 12.1 Å². The van der Waals surface area contributed by atoms with Gasteiger partial charge in [-0.05, 0) is 25.1 Å². The molecule has 6 heteroatoms. The summed E-state index contributed by atoms with van der Waals surface area (Å²) in [5.41, 5.74) is 0.668. The SMILES string of the molecule is CCCN(CC(=O)OC)Cc1nc(Cl)ccc1Cl. The van der Waals surface area contributed by atoms with E-state index in [1.807, 2.05) is 11.8 Å². The van der Waals surface area contributed by atoms with Crippen molar-refractivity contribution in [1.29, 1.82) is 0 Å². The van der Waals surface area contributed by atoms with E-state index in [-0.39, 0.29) is 12.5 Å². The third-order valence-corrected chi connectivity index (χ3v) is 2.93. The van der Waals surface area contributed by atoms with E-state index in [2.05, 4.69) is 9.72 Å². The standard InChI is InChI=1S/C12H16Cl2N2O2/c1-3-6-16(8-12(17)18-2)7-10-9(13)4-5-11(14)15-10/h4-5H,3,6-8H2,1-2H3. The lowest BCUT2D eigenvalue weighted by Gasteiger charge is -2.20. The topological polar surface area (TPSA) is 42.4 Å². The number of halogens is 2. The minimum absolute atomic E-state index is 0.217. The van der Waals surface area contributed by atoms with Gasteiger partial charge in [0.2, 0.25) is 0 Å². The molecule has 1 rings (SSSR count). The monoisotopic (exact) mass is 290 g/mol. The molecule has 0 unspecified atom stereocenters. The van der Waals surface area contributed by atoms with Crippen molar-refractivity contribution in [3.63, 3.8) is 0 Å². The Morgan fingerprint density at radius 1 is 1.44 bits per heavy atom. The van der Waals surface area contributed by atoms with Crippen LogP contribution in [0.25, 0.3) is 0 Å². The molecule has 1 heterocycles. The Morgan fingerprint density at radius 3 is 2.78 bits per heavy atom. The third kappa shape index (κ3) is 4.80. The van der Waals surface area contributed by atoms with Gasteiger partial charge in [-0.1, -0.05) is 30.1 Å². The Labute approximate surface area is 117 Å². The van der Waals surface area contributed by atoms with Crippen molar-refractivity contribution in [2.75, 3.05) is 20.2 Å². The summed E-state index contributed by atoms with van der Waals surface area (Å²) >= 11 is 11.9. The number of carbonyl (C=O) groups excluding carboxylic acids is 1. The van der Waals surface area contributed by atoms with Crippen LogP contribution in [0.2, 0.25) is 10.2 Å². The molecule has 100 valence electrons. The summed E-state index contributed by atoms with van der Waals surface area (Å²) < 4.78 is 4.66. The molecule has 0 aliphatic heterocycles. The maximum Gasteiger partial charge on any atom is 0.319 e. The van der Waals surface area contributed by atoms with Gasteiger partial charge in [0.1, 0.15) is 5.15 Å². The second-order valence-electron chi connectivity index (χ2n) is 3.85. The number of hydrogen-bond acceptors (Lipinski definition) is 4. The fourth-order valence-corrected chi connectivity index (χ4v) is 1.89. The predicted molar refractivity (Wildman–Crippen MR) is 71.8 cm³/mol. The molecule has 18 heavy (non-hydrogen) atoms. The number of ether oxygens (including phenoxy) is 1. The summed E-state index contributed by atoms with van der Waals surface area (Å²) in [6.45, 7) is 3.49. The number of pyridine rings is 1. The van der Waals surface area contributed by atoms with Gasteiger partial charge in [0.05, 0.1) is 24.4 Å². The van der Waals surface area contributed by atoms with Gasteiger partial charge in [0.25, 0.3) is 0 Å². The zero-order chi connectivity index (χ0) is 13.5. The van der Waals surface area contributed by atoms with E-state index in [0.29, 0.717) is 22.4 Å². The summed E-state index contributed by atoms with van der Waals surface area (Å²) in [7, 11) is 1.37. The molecule has 0 saturated heterocycles. The number of aromatic nitrogens is 1. The molecule has 0 saturated carbocycles. The van der Waals surface area contributed by atoms with E-state index in [1.54, 1.807) is 12.1 Å². The molecule has 0 radical (unpaired) electrons.